The van der Waals surface area contributed by atoms with Gasteiger partial charge in [0.1, 0.15) is 11.6 Å². The number of ether oxygens (including phenoxy) is 1. The summed E-state index contributed by atoms with van der Waals surface area (Å²) < 4.78 is 20.0. The van der Waals surface area contributed by atoms with Crippen molar-refractivity contribution in [2.45, 2.75) is 53.5 Å². The van der Waals surface area contributed by atoms with E-state index < -0.39 is 0 Å². The number of hydrogen-bond acceptors (Lipinski definition) is 4. The van der Waals surface area contributed by atoms with Crippen molar-refractivity contribution in [1.82, 2.24) is 14.9 Å². The minimum atomic E-state index is -0.271. The zero-order chi connectivity index (χ0) is 22.7. The first-order chi connectivity index (χ1) is 14.2. The van der Waals surface area contributed by atoms with E-state index in [2.05, 4.69) is 42.1 Å². The van der Waals surface area contributed by atoms with Gasteiger partial charge in [0, 0.05) is 11.8 Å². The predicted octanol–water partition coefficient (Wildman–Crippen LogP) is 6.65. The lowest BCUT2D eigenvalue weighted by Gasteiger charge is -2.15. The Morgan fingerprint density at radius 3 is 2.37 bits per heavy atom. The second-order valence-electron chi connectivity index (χ2n) is 7.61. The zero-order valence-corrected chi connectivity index (χ0v) is 20.2. The van der Waals surface area contributed by atoms with Gasteiger partial charge in [-0.1, -0.05) is 20.1 Å². The molecule has 1 aromatic carbocycles. The van der Waals surface area contributed by atoms with Crippen LogP contribution in [0.2, 0.25) is 0 Å². The molecule has 168 valence electrons. The molecule has 0 radical (unpaired) electrons. The van der Waals surface area contributed by atoms with Crippen LogP contribution in [0.3, 0.4) is 0 Å². The Bertz CT molecular complexity index is 812. The highest BCUT2D eigenvalue weighted by Crippen LogP contribution is 2.24. The molecule has 0 saturated carbocycles. The number of fused-ring (bicyclic) bond motifs is 1. The van der Waals surface area contributed by atoms with Gasteiger partial charge in [-0.2, -0.15) is 11.8 Å². The van der Waals surface area contributed by atoms with Gasteiger partial charge in [-0.05, 0) is 77.1 Å². The van der Waals surface area contributed by atoms with Gasteiger partial charge in [0.05, 0.1) is 29.4 Å². The molecule has 30 heavy (non-hydrogen) atoms. The Morgan fingerprint density at radius 2 is 1.97 bits per heavy atom. The van der Waals surface area contributed by atoms with Gasteiger partial charge in [-0.3, -0.25) is 4.57 Å². The monoisotopic (exact) mass is 435 g/mol. The summed E-state index contributed by atoms with van der Waals surface area (Å²) in [4.78, 5) is 4.47. The number of imidazole rings is 1. The molecule has 1 saturated heterocycles. The van der Waals surface area contributed by atoms with Crippen molar-refractivity contribution in [1.29, 1.82) is 0 Å². The van der Waals surface area contributed by atoms with Crippen molar-refractivity contribution in [3.63, 3.8) is 0 Å². The largest absolute Gasteiger partial charge is 0.499 e. The second-order valence-corrected chi connectivity index (χ2v) is 8.84. The highest BCUT2D eigenvalue weighted by molar-refractivity contribution is 7.99. The summed E-state index contributed by atoms with van der Waals surface area (Å²) in [6, 6.07) is 4.71. The summed E-state index contributed by atoms with van der Waals surface area (Å²) in [5.74, 6) is 5.19. The standard InChI is InChI=1S/C13H16FN3.C6H12S.C5H10O/c1-8(2)17-12-6-5-10(14)7-11(12)16-13(17)9(3)15-4;1-6-2-4-7-5-3-6;1-4-6-5(2)3/h5-7,9,15H,1H2,2-4H3;6H,2-5H2,1H3;2,4H2,1,3H3. The maximum absolute atomic E-state index is 13.2. The van der Waals surface area contributed by atoms with E-state index in [0.717, 1.165) is 35.3 Å². The third-order valence-electron chi connectivity index (χ3n) is 4.75. The van der Waals surface area contributed by atoms with Crippen molar-refractivity contribution in [3.8, 4) is 0 Å². The molecule has 4 nitrogen and oxygen atoms in total. The number of rotatable bonds is 5. The van der Waals surface area contributed by atoms with Crippen LogP contribution in [0.1, 0.15) is 59.3 Å². The fourth-order valence-corrected chi connectivity index (χ4v) is 4.30. The van der Waals surface area contributed by atoms with Gasteiger partial charge in [-0.15, -0.1) is 0 Å². The number of nitrogens with zero attached hydrogens (tertiary/aromatic N) is 2. The Morgan fingerprint density at radius 1 is 1.33 bits per heavy atom. The molecule has 3 rings (SSSR count). The number of nitrogens with one attached hydrogen (secondary N) is 1. The van der Waals surface area contributed by atoms with E-state index >= 15 is 0 Å². The first-order valence-corrected chi connectivity index (χ1v) is 11.7. The Kier molecular flexibility index (Phi) is 11.8. The lowest BCUT2D eigenvalue weighted by molar-refractivity contribution is 0.233. The Balaban J connectivity index is 0.000000285. The van der Waals surface area contributed by atoms with E-state index in [9.17, 15) is 4.39 Å². The molecular weight excluding hydrogens is 397 g/mol. The predicted molar refractivity (Wildman–Crippen MR) is 130 cm³/mol. The molecule has 2 aromatic rings. The van der Waals surface area contributed by atoms with Crippen molar-refractivity contribution >= 4 is 28.5 Å². The molecule has 2 heterocycles. The van der Waals surface area contributed by atoms with Crippen molar-refractivity contribution in [3.05, 3.63) is 48.8 Å². The zero-order valence-electron chi connectivity index (χ0n) is 19.4. The summed E-state index contributed by atoms with van der Waals surface area (Å²) >= 11 is 2.10. The molecule has 1 atom stereocenters. The number of allylic oxidation sites excluding steroid dienone is 2. The molecule has 1 aliphatic heterocycles. The lowest BCUT2D eigenvalue weighted by Crippen LogP contribution is -2.17. The summed E-state index contributed by atoms with van der Waals surface area (Å²) in [6.07, 6.45) is 2.90. The van der Waals surface area contributed by atoms with Crippen LogP contribution < -0.4 is 5.32 Å². The van der Waals surface area contributed by atoms with Crippen LogP contribution in [-0.2, 0) is 4.74 Å². The van der Waals surface area contributed by atoms with Crippen LogP contribution in [0.25, 0.3) is 16.7 Å². The van der Waals surface area contributed by atoms with Crippen molar-refractivity contribution in [2.75, 3.05) is 25.2 Å². The number of halogens is 1. The molecule has 0 amide bonds. The average Bonchev–Trinajstić information content (AvgIpc) is 3.07. The summed E-state index contributed by atoms with van der Waals surface area (Å²) in [5, 5.41) is 3.13. The minimum Gasteiger partial charge on any atom is -0.499 e. The average molecular weight is 436 g/mol. The lowest BCUT2D eigenvalue weighted by atomic mass is 10.1. The number of benzene rings is 1. The number of aromatic nitrogens is 2. The molecule has 0 bridgehead atoms. The maximum atomic E-state index is 13.2. The molecule has 0 aliphatic carbocycles. The van der Waals surface area contributed by atoms with Crippen LogP contribution in [0.5, 0.6) is 0 Å². The summed E-state index contributed by atoms with van der Waals surface area (Å²) in [7, 11) is 1.87. The molecule has 0 spiro atoms. The van der Waals surface area contributed by atoms with E-state index in [1.165, 1.54) is 36.5 Å². The van der Waals surface area contributed by atoms with Crippen molar-refractivity contribution < 1.29 is 9.13 Å². The van der Waals surface area contributed by atoms with E-state index in [0.29, 0.717) is 5.52 Å². The van der Waals surface area contributed by atoms with Crippen LogP contribution in [0, 0.1) is 11.7 Å². The van der Waals surface area contributed by atoms with Crippen molar-refractivity contribution in [2.24, 2.45) is 5.92 Å². The third-order valence-corrected chi connectivity index (χ3v) is 5.79. The van der Waals surface area contributed by atoms with Crippen LogP contribution >= 0.6 is 11.8 Å². The maximum Gasteiger partial charge on any atom is 0.131 e. The topological polar surface area (TPSA) is 39.1 Å². The SMILES string of the molecule is C=C(C)OCC.C=C(C)n1c(C(C)NC)nc2cc(F)ccc21.CC1CCSCC1. The van der Waals surface area contributed by atoms with Crippen LogP contribution in [0.4, 0.5) is 4.39 Å². The highest BCUT2D eigenvalue weighted by atomic mass is 32.2. The summed E-state index contributed by atoms with van der Waals surface area (Å²) in [5.41, 5.74) is 2.41. The van der Waals surface area contributed by atoms with Crippen LogP contribution in [0.15, 0.2) is 37.1 Å². The third kappa shape index (κ3) is 8.52. The smallest absolute Gasteiger partial charge is 0.131 e. The van der Waals surface area contributed by atoms with E-state index in [-0.39, 0.29) is 11.9 Å². The molecule has 1 aromatic heterocycles. The van der Waals surface area contributed by atoms with E-state index in [4.69, 9.17) is 4.74 Å². The normalized spacial score (nSPS) is 14.8. The number of hydrogen-bond donors (Lipinski definition) is 1. The number of thioether (sulfide) groups is 1. The van der Waals surface area contributed by atoms with Gasteiger partial charge in [0.2, 0.25) is 0 Å². The Hall–Kier alpha value is -1.79. The highest BCUT2D eigenvalue weighted by Gasteiger charge is 2.16. The minimum absolute atomic E-state index is 0.0853. The summed E-state index contributed by atoms with van der Waals surface area (Å²) in [6.45, 7) is 18.2. The first kappa shape index (κ1) is 26.2. The van der Waals surface area contributed by atoms with E-state index in [1.54, 1.807) is 6.07 Å². The van der Waals surface area contributed by atoms with Gasteiger partial charge >= 0.3 is 0 Å². The quantitative estimate of drug-likeness (QED) is 0.534. The molecule has 1 aliphatic rings. The second kappa shape index (κ2) is 13.5. The molecule has 6 heteroatoms. The van der Waals surface area contributed by atoms with Gasteiger partial charge in [0.25, 0.3) is 0 Å². The first-order valence-electron chi connectivity index (χ1n) is 10.6. The Labute approximate surface area is 186 Å². The van der Waals surface area contributed by atoms with E-state index in [1.807, 2.05) is 39.3 Å². The van der Waals surface area contributed by atoms with Gasteiger partial charge < -0.3 is 10.1 Å². The molecular formula is C24H38FN3OS. The van der Waals surface area contributed by atoms with Crippen LogP contribution in [-0.4, -0.2) is 34.7 Å². The molecule has 1 unspecified atom stereocenters. The molecule has 1 N–H and O–H groups in total. The van der Waals surface area contributed by atoms with Gasteiger partial charge in [0.15, 0.2) is 0 Å². The fraction of sp³-hybridized carbons (Fsp3) is 0.542. The fourth-order valence-electron chi connectivity index (χ4n) is 2.95. The molecule has 1 fully saturated rings. The van der Waals surface area contributed by atoms with Gasteiger partial charge in [-0.25, -0.2) is 9.37 Å².